The van der Waals surface area contributed by atoms with Crippen molar-refractivity contribution in [3.8, 4) is 34.5 Å². The molecule has 0 radical (unpaired) electrons. The van der Waals surface area contributed by atoms with Gasteiger partial charge in [0.2, 0.25) is 11.5 Å². The van der Waals surface area contributed by atoms with E-state index in [0.717, 1.165) is 0 Å². The molecule has 1 N–H and O–H groups in total. The van der Waals surface area contributed by atoms with E-state index in [9.17, 15) is 9.90 Å². The predicted molar refractivity (Wildman–Crippen MR) is 112 cm³/mol. The summed E-state index contributed by atoms with van der Waals surface area (Å²) in [6.45, 7) is 1.68. The molecule has 0 amide bonds. The van der Waals surface area contributed by atoms with Gasteiger partial charge in [-0.3, -0.25) is 0 Å². The lowest BCUT2D eigenvalue weighted by Gasteiger charge is -2.24. The van der Waals surface area contributed by atoms with Crippen molar-refractivity contribution in [2.45, 2.75) is 19.1 Å². The maximum absolute atomic E-state index is 11.9. The number of methoxy groups -OCH3 is 6. The van der Waals surface area contributed by atoms with Crippen LogP contribution in [0, 0.1) is 0 Å². The van der Waals surface area contributed by atoms with Gasteiger partial charge in [-0.2, -0.15) is 0 Å². The Bertz CT molecular complexity index is 860. The van der Waals surface area contributed by atoms with Gasteiger partial charge in [0.05, 0.1) is 48.2 Å². The van der Waals surface area contributed by atoms with Gasteiger partial charge in [0.15, 0.2) is 23.0 Å². The summed E-state index contributed by atoms with van der Waals surface area (Å²) in [6, 6.07) is 6.23. The third-order valence-corrected chi connectivity index (χ3v) is 4.66. The van der Waals surface area contributed by atoms with E-state index in [1.54, 1.807) is 19.1 Å². The number of carbonyl (C=O) groups is 1. The third kappa shape index (κ3) is 5.05. The number of hydrogen-bond donors (Lipinski definition) is 1. The van der Waals surface area contributed by atoms with Gasteiger partial charge in [-0.1, -0.05) is 0 Å². The molecule has 0 aliphatic heterocycles. The molecule has 2 atom stereocenters. The molecule has 170 valence electrons. The van der Waals surface area contributed by atoms with Gasteiger partial charge >= 0.3 is 5.97 Å². The van der Waals surface area contributed by atoms with Crippen LogP contribution in [0.5, 0.6) is 34.5 Å². The minimum Gasteiger partial charge on any atom is -0.493 e. The monoisotopic (exact) mass is 436 g/mol. The van der Waals surface area contributed by atoms with Gasteiger partial charge in [-0.25, -0.2) is 4.79 Å². The molecule has 31 heavy (non-hydrogen) atoms. The molecule has 0 saturated heterocycles. The summed E-state index contributed by atoms with van der Waals surface area (Å²) < 4.78 is 37.5. The Hall–Kier alpha value is -3.33. The molecule has 2 rings (SSSR count). The van der Waals surface area contributed by atoms with Crippen LogP contribution in [0.2, 0.25) is 0 Å². The first-order chi connectivity index (χ1) is 14.8. The molecule has 0 fully saturated rings. The van der Waals surface area contributed by atoms with Crippen molar-refractivity contribution < 1.29 is 43.1 Å². The average molecular weight is 436 g/mol. The Balaban J connectivity index is 2.41. The lowest BCUT2D eigenvalue weighted by atomic mass is 10.0. The smallest absolute Gasteiger partial charge is 0.338 e. The van der Waals surface area contributed by atoms with Crippen molar-refractivity contribution in [2.75, 3.05) is 42.7 Å². The highest BCUT2D eigenvalue weighted by molar-refractivity contribution is 5.91. The summed E-state index contributed by atoms with van der Waals surface area (Å²) in [6.07, 6.45) is -1.81. The lowest BCUT2D eigenvalue weighted by Crippen LogP contribution is -2.22. The Morgan fingerprint density at radius 1 is 0.742 bits per heavy atom. The molecule has 9 nitrogen and oxygen atoms in total. The standard InChI is InChI=1S/C22H28O9/c1-12(19(23)13-8-15(25-2)20(29-6)16(9-13)26-3)31-21-17(27-4)10-14(22(24)30-7)11-18(21)28-5/h8-12,19,23H,1-7H3/t12-,19-/m1/s1. The molecule has 2 aromatic carbocycles. The Labute approximate surface area is 181 Å². The molecular weight excluding hydrogens is 408 g/mol. The van der Waals surface area contributed by atoms with Crippen LogP contribution in [-0.4, -0.2) is 59.8 Å². The highest BCUT2D eigenvalue weighted by atomic mass is 16.6. The zero-order valence-corrected chi connectivity index (χ0v) is 18.7. The summed E-state index contributed by atoms with van der Waals surface area (Å²) in [5.41, 5.74) is 0.729. The minimum absolute atomic E-state index is 0.233. The van der Waals surface area contributed by atoms with Crippen LogP contribution < -0.4 is 28.4 Å². The summed E-state index contributed by atoms with van der Waals surface area (Å²) in [4.78, 5) is 11.9. The highest BCUT2D eigenvalue weighted by Gasteiger charge is 2.26. The number of benzene rings is 2. The zero-order valence-electron chi connectivity index (χ0n) is 18.7. The molecule has 0 aliphatic rings. The van der Waals surface area contributed by atoms with Gasteiger partial charge in [0.1, 0.15) is 12.2 Å². The Kier molecular flexibility index (Phi) is 8.21. The van der Waals surface area contributed by atoms with E-state index in [2.05, 4.69) is 0 Å². The Morgan fingerprint density at radius 2 is 1.19 bits per heavy atom. The van der Waals surface area contributed by atoms with Crippen molar-refractivity contribution in [3.05, 3.63) is 35.4 Å². The molecule has 0 heterocycles. The summed E-state index contributed by atoms with van der Waals surface area (Å²) in [7, 11) is 8.63. The number of aliphatic hydroxyl groups excluding tert-OH is 1. The fourth-order valence-corrected chi connectivity index (χ4v) is 3.03. The molecule has 0 aliphatic carbocycles. The number of hydrogen-bond acceptors (Lipinski definition) is 9. The first-order valence-corrected chi connectivity index (χ1v) is 9.34. The van der Waals surface area contributed by atoms with E-state index in [1.165, 1.54) is 54.8 Å². The van der Waals surface area contributed by atoms with Gasteiger partial charge in [0, 0.05) is 0 Å². The molecule has 2 aromatic rings. The quantitative estimate of drug-likeness (QED) is 0.563. The molecule has 0 unspecified atom stereocenters. The largest absolute Gasteiger partial charge is 0.493 e. The number of esters is 1. The van der Waals surface area contributed by atoms with Crippen molar-refractivity contribution in [2.24, 2.45) is 0 Å². The van der Waals surface area contributed by atoms with Gasteiger partial charge in [-0.15, -0.1) is 0 Å². The van der Waals surface area contributed by atoms with E-state index in [4.69, 9.17) is 33.2 Å². The van der Waals surface area contributed by atoms with E-state index < -0.39 is 18.2 Å². The number of aliphatic hydroxyl groups is 1. The normalized spacial score (nSPS) is 12.4. The zero-order chi connectivity index (χ0) is 23.1. The Morgan fingerprint density at radius 3 is 1.58 bits per heavy atom. The topological polar surface area (TPSA) is 102 Å². The second-order valence-electron chi connectivity index (χ2n) is 6.43. The first-order valence-electron chi connectivity index (χ1n) is 9.34. The molecule has 0 spiro atoms. The molecular formula is C22H28O9. The summed E-state index contributed by atoms with van der Waals surface area (Å²) in [5, 5.41) is 10.9. The molecule has 9 heteroatoms. The minimum atomic E-state index is -1.07. The molecule has 0 aromatic heterocycles. The van der Waals surface area contributed by atoms with E-state index in [1.807, 2.05) is 0 Å². The summed E-state index contributed by atoms with van der Waals surface area (Å²) >= 11 is 0. The van der Waals surface area contributed by atoms with E-state index in [-0.39, 0.29) is 22.8 Å². The van der Waals surface area contributed by atoms with Crippen LogP contribution in [0.25, 0.3) is 0 Å². The fraction of sp³-hybridized carbons (Fsp3) is 0.409. The maximum Gasteiger partial charge on any atom is 0.338 e. The van der Waals surface area contributed by atoms with Gasteiger partial charge in [-0.05, 0) is 36.8 Å². The van der Waals surface area contributed by atoms with Crippen LogP contribution >= 0.6 is 0 Å². The highest BCUT2D eigenvalue weighted by Crippen LogP contribution is 2.43. The number of ether oxygens (including phenoxy) is 7. The van der Waals surface area contributed by atoms with E-state index >= 15 is 0 Å². The maximum atomic E-state index is 11.9. The average Bonchev–Trinajstić information content (AvgIpc) is 2.81. The molecule has 0 saturated carbocycles. The van der Waals surface area contributed by atoms with Crippen LogP contribution in [0.15, 0.2) is 24.3 Å². The molecule has 0 bridgehead atoms. The van der Waals surface area contributed by atoms with Crippen LogP contribution in [-0.2, 0) is 4.74 Å². The SMILES string of the molecule is COC(=O)c1cc(OC)c(O[C@H](C)[C@@H](O)c2cc(OC)c(OC)c(OC)c2)c(OC)c1. The van der Waals surface area contributed by atoms with Crippen molar-refractivity contribution in [1.82, 2.24) is 0 Å². The van der Waals surface area contributed by atoms with E-state index in [0.29, 0.717) is 22.8 Å². The van der Waals surface area contributed by atoms with Crippen molar-refractivity contribution >= 4 is 5.97 Å². The first kappa shape index (κ1) is 23.9. The van der Waals surface area contributed by atoms with Crippen LogP contribution in [0.3, 0.4) is 0 Å². The second-order valence-corrected chi connectivity index (χ2v) is 6.43. The van der Waals surface area contributed by atoms with Gasteiger partial charge in [0.25, 0.3) is 0 Å². The van der Waals surface area contributed by atoms with Crippen LogP contribution in [0.1, 0.15) is 28.9 Å². The number of rotatable bonds is 10. The van der Waals surface area contributed by atoms with Crippen molar-refractivity contribution in [3.63, 3.8) is 0 Å². The fourth-order valence-electron chi connectivity index (χ4n) is 3.03. The van der Waals surface area contributed by atoms with Crippen LogP contribution in [0.4, 0.5) is 0 Å². The summed E-state index contributed by atoms with van der Waals surface area (Å²) in [5.74, 6) is 1.41. The lowest BCUT2D eigenvalue weighted by molar-refractivity contribution is 0.0430. The van der Waals surface area contributed by atoms with Gasteiger partial charge < -0.3 is 38.3 Å². The second kappa shape index (κ2) is 10.6. The predicted octanol–water partition coefficient (Wildman–Crippen LogP) is 3.02. The number of carbonyl (C=O) groups excluding carboxylic acids is 1. The third-order valence-electron chi connectivity index (χ3n) is 4.66. The van der Waals surface area contributed by atoms with Crippen molar-refractivity contribution in [1.29, 1.82) is 0 Å².